The second kappa shape index (κ2) is 3.89. The first-order valence-electron chi connectivity index (χ1n) is 5.17. The van der Waals surface area contributed by atoms with Crippen molar-refractivity contribution in [1.29, 1.82) is 0 Å². The second-order valence-corrected chi connectivity index (χ2v) is 4.71. The van der Waals surface area contributed by atoms with Crippen LogP contribution in [-0.4, -0.2) is 14.9 Å². The molecule has 0 fully saturated rings. The average Bonchev–Trinajstić information content (AvgIpc) is 2.72. The summed E-state index contributed by atoms with van der Waals surface area (Å²) in [4.78, 5) is 0. The molecule has 0 aliphatic carbocycles. The quantitative estimate of drug-likeness (QED) is 0.744. The minimum Gasteiger partial charge on any atom is -0.508 e. The first-order chi connectivity index (χ1) is 8.22. The summed E-state index contributed by atoms with van der Waals surface area (Å²) in [6.45, 7) is 0. The molecule has 3 nitrogen and oxygen atoms in total. The van der Waals surface area contributed by atoms with Crippen LogP contribution in [0.2, 0.25) is 0 Å². The van der Waals surface area contributed by atoms with E-state index in [0.717, 1.165) is 21.1 Å². The van der Waals surface area contributed by atoms with Crippen LogP contribution in [0.25, 0.3) is 16.6 Å². The maximum absolute atomic E-state index is 9.40. The maximum Gasteiger partial charge on any atom is 0.116 e. The Labute approximate surface area is 106 Å². The number of phenols is 1. The molecule has 1 heterocycles. The highest BCUT2D eigenvalue weighted by molar-refractivity contribution is 9.10. The number of nitrogens with zero attached hydrogens (tertiary/aromatic N) is 2. The number of aromatic hydroxyl groups is 1. The topological polar surface area (TPSA) is 38.1 Å². The van der Waals surface area contributed by atoms with E-state index < -0.39 is 0 Å². The molecule has 0 saturated heterocycles. The van der Waals surface area contributed by atoms with Crippen molar-refractivity contribution in [3.05, 3.63) is 53.1 Å². The zero-order valence-corrected chi connectivity index (χ0v) is 10.4. The van der Waals surface area contributed by atoms with Gasteiger partial charge in [-0.2, -0.15) is 5.10 Å². The number of hydrogen-bond acceptors (Lipinski definition) is 2. The van der Waals surface area contributed by atoms with Crippen LogP contribution in [0.15, 0.2) is 53.1 Å². The summed E-state index contributed by atoms with van der Waals surface area (Å²) in [7, 11) is 0. The summed E-state index contributed by atoms with van der Waals surface area (Å²) in [5.74, 6) is 0.257. The molecule has 17 heavy (non-hydrogen) atoms. The molecular weight excluding hydrogens is 280 g/mol. The second-order valence-electron chi connectivity index (χ2n) is 3.79. The molecule has 1 aromatic heterocycles. The fraction of sp³-hybridized carbons (Fsp3) is 0. The summed E-state index contributed by atoms with van der Waals surface area (Å²) < 4.78 is 2.84. The molecule has 0 bridgehead atoms. The van der Waals surface area contributed by atoms with Gasteiger partial charge in [0, 0.05) is 16.1 Å². The van der Waals surface area contributed by atoms with E-state index in [2.05, 4.69) is 21.0 Å². The van der Waals surface area contributed by atoms with Crippen molar-refractivity contribution in [2.45, 2.75) is 0 Å². The molecule has 0 unspecified atom stereocenters. The van der Waals surface area contributed by atoms with Crippen LogP contribution in [0.5, 0.6) is 5.75 Å². The van der Waals surface area contributed by atoms with E-state index in [-0.39, 0.29) is 5.75 Å². The molecule has 3 rings (SSSR count). The number of aromatic nitrogens is 2. The van der Waals surface area contributed by atoms with Gasteiger partial charge in [0.15, 0.2) is 0 Å². The molecular formula is C13H9BrN2O. The lowest BCUT2D eigenvalue weighted by molar-refractivity contribution is 0.476. The number of rotatable bonds is 1. The molecule has 0 radical (unpaired) electrons. The Balaban J connectivity index is 2.14. The normalized spacial score (nSPS) is 10.9. The lowest BCUT2D eigenvalue weighted by Gasteiger charge is -1.99. The third-order valence-corrected chi connectivity index (χ3v) is 3.11. The van der Waals surface area contributed by atoms with Gasteiger partial charge in [-0.25, -0.2) is 4.68 Å². The van der Waals surface area contributed by atoms with Crippen LogP contribution in [0.1, 0.15) is 0 Å². The monoisotopic (exact) mass is 288 g/mol. The third kappa shape index (κ3) is 1.91. The average molecular weight is 289 g/mol. The van der Waals surface area contributed by atoms with Gasteiger partial charge in [-0.05, 0) is 42.5 Å². The van der Waals surface area contributed by atoms with Crippen molar-refractivity contribution in [3.63, 3.8) is 0 Å². The molecule has 1 N–H and O–H groups in total. The van der Waals surface area contributed by atoms with E-state index in [1.807, 2.05) is 30.5 Å². The summed E-state index contributed by atoms with van der Waals surface area (Å²) >= 11 is 3.40. The lowest BCUT2D eigenvalue weighted by Crippen LogP contribution is -1.92. The molecule has 0 spiro atoms. The first-order valence-corrected chi connectivity index (χ1v) is 5.96. The highest BCUT2D eigenvalue weighted by atomic mass is 79.9. The van der Waals surface area contributed by atoms with Gasteiger partial charge in [0.1, 0.15) is 5.75 Å². The van der Waals surface area contributed by atoms with Crippen LogP contribution in [0.4, 0.5) is 0 Å². The van der Waals surface area contributed by atoms with Crippen LogP contribution in [0, 0.1) is 0 Å². The van der Waals surface area contributed by atoms with Gasteiger partial charge in [-0.3, -0.25) is 0 Å². The summed E-state index contributed by atoms with van der Waals surface area (Å²) in [5, 5.41) is 14.8. The van der Waals surface area contributed by atoms with Crippen LogP contribution >= 0.6 is 15.9 Å². The number of fused-ring (bicyclic) bond motifs is 1. The van der Waals surface area contributed by atoms with Gasteiger partial charge in [0.05, 0.1) is 11.2 Å². The fourth-order valence-electron chi connectivity index (χ4n) is 1.74. The van der Waals surface area contributed by atoms with Crippen molar-refractivity contribution < 1.29 is 5.11 Å². The molecule has 84 valence electrons. The number of benzene rings is 2. The van der Waals surface area contributed by atoms with Crippen LogP contribution in [0.3, 0.4) is 0 Å². The van der Waals surface area contributed by atoms with Gasteiger partial charge in [-0.1, -0.05) is 15.9 Å². The summed E-state index contributed by atoms with van der Waals surface area (Å²) in [5.41, 5.74) is 1.86. The van der Waals surface area contributed by atoms with Gasteiger partial charge in [-0.15, -0.1) is 0 Å². The Morgan fingerprint density at radius 3 is 2.59 bits per heavy atom. The Morgan fingerprint density at radius 2 is 1.82 bits per heavy atom. The summed E-state index contributed by atoms with van der Waals surface area (Å²) in [6.07, 6.45) is 1.90. The Hall–Kier alpha value is -1.81. The molecule has 4 heteroatoms. The Kier molecular flexibility index (Phi) is 2.37. The molecule has 3 aromatic rings. The highest BCUT2D eigenvalue weighted by Crippen LogP contribution is 2.21. The minimum atomic E-state index is 0.257. The molecule has 0 aliphatic heterocycles. The lowest BCUT2D eigenvalue weighted by atomic mass is 10.2. The third-order valence-electron chi connectivity index (χ3n) is 2.58. The highest BCUT2D eigenvalue weighted by Gasteiger charge is 2.03. The number of phenolic OH excluding ortho intramolecular Hbond substituents is 1. The van der Waals surface area contributed by atoms with E-state index in [4.69, 9.17) is 0 Å². The zero-order chi connectivity index (χ0) is 11.8. The Bertz CT molecular complexity index is 673. The van der Waals surface area contributed by atoms with Crippen molar-refractivity contribution in [2.24, 2.45) is 0 Å². The predicted octanol–water partition coefficient (Wildman–Crippen LogP) is 3.49. The minimum absolute atomic E-state index is 0.257. The first kappa shape index (κ1) is 10.4. The van der Waals surface area contributed by atoms with Crippen LogP contribution < -0.4 is 0 Å². The van der Waals surface area contributed by atoms with E-state index in [0.29, 0.717) is 0 Å². The van der Waals surface area contributed by atoms with Crippen molar-refractivity contribution in [1.82, 2.24) is 9.78 Å². The molecule has 2 aromatic carbocycles. The van der Waals surface area contributed by atoms with Crippen molar-refractivity contribution in [2.75, 3.05) is 0 Å². The Morgan fingerprint density at radius 1 is 1.06 bits per heavy atom. The van der Waals surface area contributed by atoms with E-state index >= 15 is 0 Å². The van der Waals surface area contributed by atoms with E-state index in [9.17, 15) is 5.11 Å². The molecule has 0 amide bonds. The van der Waals surface area contributed by atoms with Crippen LogP contribution in [-0.2, 0) is 0 Å². The smallest absolute Gasteiger partial charge is 0.116 e. The molecule has 0 saturated carbocycles. The maximum atomic E-state index is 9.40. The van der Waals surface area contributed by atoms with Gasteiger partial charge >= 0.3 is 0 Å². The fourth-order valence-corrected chi connectivity index (χ4v) is 2.00. The van der Waals surface area contributed by atoms with E-state index in [1.165, 1.54) is 0 Å². The SMILES string of the molecule is Oc1ccc2nn(-c3ccc(Br)cc3)cc2c1. The largest absolute Gasteiger partial charge is 0.508 e. The number of halogens is 1. The van der Waals surface area contributed by atoms with Gasteiger partial charge in [0.25, 0.3) is 0 Å². The van der Waals surface area contributed by atoms with E-state index in [1.54, 1.807) is 22.9 Å². The predicted molar refractivity (Wildman–Crippen MR) is 70.4 cm³/mol. The van der Waals surface area contributed by atoms with Crippen molar-refractivity contribution in [3.8, 4) is 11.4 Å². The molecule has 0 atom stereocenters. The van der Waals surface area contributed by atoms with Gasteiger partial charge < -0.3 is 5.11 Å². The molecule has 0 aliphatic rings. The van der Waals surface area contributed by atoms with Crippen molar-refractivity contribution >= 4 is 26.8 Å². The zero-order valence-electron chi connectivity index (χ0n) is 8.84. The summed E-state index contributed by atoms with van der Waals surface area (Å²) in [6, 6.07) is 13.1. The number of hydrogen-bond donors (Lipinski definition) is 1. The standard InChI is InChI=1S/C13H9BrN2O/c14-10-1-3-11(4-2-10)16-8-9-7-12(17)5-6-13(9)15-16/h1-8,17H. The van der Waals surface area contributed by atoms with Gasteiger partial charge in [0.2, 0.25) is 0 Å².